The molecule has 1 fully saturated rings. The van der Waals surface area contributed by atoms with Crippen molar-refractivity contribution in [2.45, 2.75) is 37.8 Å². The summed E-state index contributed by atoms with van der Waals surface area (Å²) in [6.45, 7) is -0.0338. The zero-order valence-corrected chi connectivity index (χ0v) is 18.4. The lowest BCUT2D eigenvalue weighted by molar-refractivity contribution is -0.136. The van der Waals surface area contributed by atoms with Crippen LogP contribution >= 0.6 is 11.3 Å². The van der Waals surface area contributed by atoms with Crippen LogP contribution < -0.4 is 21.9 Å². The second-order valence-electron chi connectivity index (χ2n) is 7.88. The zero-order valence-electron chi connectivity index (χ0n) is 17.6. The van der Waals surface area contributed by atoms with Crippen molar-refractivity contribution in [2.75, 3.05) is 6.61 Å². The van der Waals surface area contributed by atoms with Crippen LogP contribution in [0.3, 0.4) is 0 Å². The lowest BCUT2D eigenvalue weighted by atomic mass is 10.0. The number of nitrogens with zero attached hydrogens (tertiary/aromatic N) is 1. The van der Waals surface area contributed by atoms with Gasteiger partial charge in [-0.25, -0.2) is 0 Å². The van der Waals surface area contributed by atoms with Crippen molar-refractivity contribution >= 4 is 17.2 Å². The number of aromatic nitrogens is 1. The maximum atomic E-state index is 12.9. The number of thiophene rings is 1. The molecule has 33 heavy (non-hydrogen) atoms. The molecule has 5 N–H and O–H groups in total. The van der Waals surface area contributed by atoms with E-state index in [2.05, 4.69) is 16.2 Å². The molecule has 1 aliphatic carbocycles. The molecule has 3 aromatic rings. The van der Waals surface area contributed by atoms with Crippen LogP contribution in [0, 0.1) is 0 Å². The van der Waals surface area contributed by atoms with Gasteiger partial charge in [0.2, 0.25) is 0 Å². The first-order valence-corrected chi connectivity index (χ1v) is 11.3. The molecule has 4 rings (SSSR count). The maximum Gasteiger partial charge on any atom is 0.389 e. The molecule has 0 saturated heterocycles. The topological polar surface area (TPSA) is 106 Å². The van der Waals surface area contributed by atoms with Gasteiger partial charge in [0.25, 0.3) is 5.56 Å². The van der Waals surface area contributed by atoms with Gasteiger partial charge in [-0.3, -0.25) is 4.79 Å². The fourth-order valence-electron chi connectivity index (χ4n) is 3.51. The molecule has 2 heterocycles. The summed E-state index contributed by atoms with van der Waals surface area (Å²) in [7, 11) is 0. The second-order valence-corrected chi connectivity index (χ2v) is 9.00. The highest BCUT2D eigenvalue weighted by molar-refractivity contribution is 7.15. The van der Waals surface area contributed by atoms with Gasteiger partial charge in [-0.1, -0.05) is 0 Å². The van der Waals surface area contributed by atoms with Crippen LogP contribution in [-0.2, 0) is 0 Å². The number of alkyl halides is 3. The molecule has 0 atom stereocenters. The van der Waals surface area contributed by atoms with Crippen molar-refractivity contribution in [3.05, 3.63) is 63.3 Å². The Labute approximate surface area is 192 Å². The number of benzene rings is 1. The molecule has 2 aromatic heterocycles. The molecule has 0 radical (unpaired) electrons. The van der Waals surface area contributed by atoms with E-state index in [1.165, 1.54) is 17.7 Å². The fraction of sp³-hybridized carbons (Fsp3) is 0.304. The Kier molecular flexibility index (Phi) is 6.46. The first kappa shape index (κ1) is 22.9. The minimum Gasteiger partial charge on any atom is -0.494 e. The quantitative estimate of drug-likeness (QED) is 0.141. The number of ether oxygens (including phenoxy) is 1. The molecule has 0 aliphatic heterocycles. The molecule has 6 nitrogen and oxygen atoms in total. The van der Waals surface area contributed by atoms with Gasteiger partial charge in [0.15, 0.2) is 5.84 Å². The van der Waals surface area contributed by atoms with E-state index in [9.17, 15) is 18.0 Å². The van der Waals surface area contributed by atoms with Crippen LogP contribution in [0.5, 0.6) is 5.75 Å². The Hall–Kier alpha value is -3.27. The molecular formula is C23H23F3N4O2S. The molecule has 1 saturated carbocycles. The van der Waals surface area contributed by atoms with E-state index in [4.69, 9.17) is 16.3 Å². The van der Waals surface area contributed by atoms with Crippen LogP contribution in [0.1, 0.15) is 42.0 Å². The summed E-state index contributed by atoms with van der Waals surface area (Å²) in [4.78, 5) is 17.9. The highest BCUT2D eigenvalue weighted by Crippen LogP contribution is 2.45. The zero-order chi connectivity index (χ0) is 23.6. The average molecular weight is 477 g/mol. The molecule has 0 spiro atoms. The van der Waals surface area contributed by atoms with E-state index >= 15 is 0 Å². The van der Waals surface area contributed by atoms with Crippen LogP contribution in [0.25, 0.3) is 21.7 Å². The number of rotatable bonds is 8. The number of amidine groups is 1. The van der Waals surface area contributed by atoms with E-state index in [1.54, 1.807) is 35.6 Å². The first-order valence-electron chi connectivity index (χ1n) is 10.5. The van der Waals surface area contributed by atoms with E-state index in [0.29, 0.717) is 28.5 Å². The predicted octanol–water partition coefficient (Wildman–Crippen LogP) is 4.95. The third-order valence-electron chi connectivity index (χ3n) is 5.34. The number of halogens is 3. The number of pyridine rings is 1. The molecule has 0 unspecified atom stereocenters. The Balaban J connectivity index is 1.60. The summed E-state index contributed by atoms with van der Waals surface area (Å²) in [5, 5.41) is 3.52. The monoisotopic (exact) mass is 476 g/mol. The third kappa shape index (κ3) is 5.57. The van der Waals surface area contributed by atoms with Crippen molar-refractivity contribution < 1.29 is 17.9 Å². The van der Waals surface area contributed by atoms with Crippen LogP contribution in [-0.4, -0.2) is 23.6 Å². The minimum atomic E-state index is -4.19. The lowest BCUT2D eigenvalue weighted by Gasteiger charge is -2.11. The maximum absolute atomic E-state index is 12.9. The molecule has 174 valence electrons. The van der Waals surface area contributed by atoms with Crippen LogP contribution in [0.2, 0.25) is 0 Å². The first-order chi connectivity index (χ1) is 15.7. The Bertz CT molecular complexity index is 1210. The van der Waals surface area contributed by atoms with Crippen molar-refractivity contribution in [1.29, 1.82) is 0 Å². The molecule has 0 amide bonds. The van der Waals surface area contributed by atoms with Gasteiger partial charge < -0.3 is 21.3 Å². The smallest absolute Gasteiger partial charge is 0.389 e. The third-order valence-corrected chi connectivity index (χ3v) is 6.62. The van der Waals surface area contributed by atoms with E-state index in [1.807, 2.05) is 12.1 Å². The normalized spacial score (nSPS) is 14.5. The number of hydrogen-bond donors (Lipinski definition) is 3. The average Bonchev–Trinajstić information content (AvgIpc) is 3.52. The highest BCUT2D eigenvalue weighted by Gasteiger charge is 2.27. The largest absolute Gasteiger partial charge is 0.494 e. The van der Waals surface area contributed by atoms with Crippen LogP contribution in [0.15, 0.2) is 52.4 Å². The van der Waals surface area contributed by atoms with Gasteiger partial charge in [-0.15, -0.1) is 11.3 Å². The summed E-state index contributed by atoms with van der Waals surface area (Å²) >= 11 is 1.62. The molecular weight excluding hydrogens is 453 g/mol. The molecule has 1 aromatic carbocycles. The van der Waals surface area contributed by atoms with E-state index < -0.39 is 18.2 Å². The molecule has 10 heteroatoms. The highest BCUT2D eigenvalue weighted by atomic mass is 32.1. The molecule has 0 bridgehead atoms. The number of H-pyrrole nitrogens is 1. The lowest BCUT2D eigenvalue weighted by Crippen LogP contribution is -2.27. The number of nitrogens with one attached hydrogen (secondary N) is 1. The van der Waals surface area contributed by atoms with Crippen molar-refractivity contribution in [3.8, 4) is 27.4 Å². The van der Waals surface area contributed by atoms with E-state index in [-0.39, 0.29) is 24.4 Å². The number of hydrazone groups is 1. The van der Waals surface area contributed by atoms with Crippen molar-refractivity contribution in [2.24, 2.45) is 16.7 Å². The number of nitrogens with two attached hydrogens (primary N) is 2. The standard InChI is InChI=1S/C23H23F3N4O2S/c24-23(25,26)10-1-11-32-15-6-4-13(5-7-15)17-12-16(20(21(27)30-28)22(31)29-17)19-9-8-18(33-19)14-2-3-14/h4-9,12,14H,1-3,10-11,28H2,(H2,27,30)(H,29,31). The summed E-state index contributed by atoms with van der Waals surface area (Å²) in [5.41, 5.74) is 7.65. The Morgan fingerprint density at radius 3 is 2.55 bits per heavy atom. The number of aromatic amines is 1. The van der Waals surface area contributed by atoms with Gasteiger partial charge in [0.05, 0.1) is 12.2 Å². The van der Waals surface area contributed by atoms with Gasteiger partial charge in [-0.2, -0.15) is 18.3 Å². The van der Waals surface area contributed by atoms with Crippen molar-refractivity contribution in [3.63, 3.8) is 0 Å². The summed E-state index contributed by atoms with van der Waals surface area (Å²) in [6.07, 6.45) is -2.85. The predicted molar refractivity (Wildman–Crippen MR) is 123 cm³/mol. The van der Waals surface area contributed by atoms with Gasteiger partial charge in [-0.05, 0) is 73.2 Å². The summed E-state index contributed by atoms with van der Waals surface area (Å²) in [6, 6.07) is 12.7. The number of hydrogen-bond acceptors (Lipinski definition) is 5. The molecule has 1 aliphatic rings. The van der Waals surface area contributed by atoms with Crippen LogP contribution in [0.4, 0.5) is 13.2 Å². The van der Waals surface area contributed by atoms with E-state index in [0.717, 1.165) is 4.88 Å². The summed E-state index contributed by atoms with van der Waals surface area (Å²) < 4.78 is 42.1. The second kappa shape index (κ2) is 9.30. The fourth-order valence-corrected chi connectivity index (χ4v) is 4.71. The minimum absolute atomic E-state index is 0.0338. The van der Waals surface area contributed by atoms with Crippen molar-refractivity contribution in [1.82, 2.24) is 4.98 Å². The summed E-state index contributed by atoms with van der Waals surface area (Å²) in [5.74, 6) is 6.34. The van der Waals surface area contributed by atoms with Gasteiger partial charge >= 0.3 is 6.18 Å². The Morgan fingerprint density at radius 1 is 1.18 bits per heavy atom. The van der Waals surface area contributed by atoms with Gasteiger partial charge in [0, 0.05) is 27.4 Å². The SMILES string of the molecule is N/N=C(\N)c1c(-c2ccc(C3CC3)s2)cc(-c2ccc(OCCCC(F)(F)F)cc2)[nH]c1=O. The Morgan fingerprint density at radius 2 is 1.91 bits per heavy atom. The van der Waals surface area contributed by atoms with Gasteiger partial charge in [0.1, 0.15) is 5.75 Å².